The molecule has 0 radical (unpaired) electrons. The first-order valence-corrected chi connectivity index (χ1v) is 6.76. The quantitative estimate of drug-likeness (QED) is 0.802. The highest BCUT2D eigenvalue weighted by Crippen LogP contribution is 2.24. The maximum Gasteiger partial charge on any atom is 0.137 e. The first kappa shape index (κ1) is 13.4. The summed E-state index contributed by atoms with van der Waals surface area (Å²) in [7, 11) is 0. The molecule has 2 nitrogen and oxygen atoms in total. The Hall–Kier alpha value is -1.07. The molecule has 0 spiro atoms. The number of ether oxygens (including phenoxy) is 1. The predicted octanol–water partition coefficient (Wildman–Crippen LogP) is 4.51. The predicted molar refractivity (Wildman–Crippen MR) is 77.0 cm³/mol. The van der Waals surface area contributed by atoms with Crippen molar-refractivity contribution in [1.29, 1.82) is 0 Å². The lowest BCUT2D eigenvalue weighted by Gasteiger charge is -2.08. The van der Waals surface area contributed by atoms with Crippen LogP contribution >= 0.6 is 31.9 Å². The molecule has 0 aromatic heterocycles. The molecule has 0 aliphatic carbocycles. The van der Waals surface area contributed by atoms with Crippen LogP contribution in [-0.4, -0.2) is 0 Å². The molecule has 2 aromatic carbocycles. The molecule has 0 saturated heterocycles. The highest BCUT2D eigenvalue weighted by atomic mass is 79.9. The van der Waals surface area contributed by atoms with E-state index in [0.717, 1.165) is 10.0 Å². The normalized spacial score (nSPS) is 10.4. The maximum absolute atomic E-state index is 13.0. The van der Waals surface area contributed by atoms with Gasteiger partial charge in [-0.1, -0.05) is 6.07 Å². The van der Waals surface area contributed by atoms with Gasteiger partial charge in [-0.05, 0) is 67.8 Å². The molecule has 2 rings (SSSR count). The Morgan fingerprint density at radius 2 is 1.83 bits per heavy atom. The lowest BCUT2D eigenvalue weighted by molar-refractivity contribution is 0.305. The van der Waals surface area contributed by atoms with Gasteiger partial charge in [-0.3, -0.25) is 0 Å². The van der Waals surface area contributed by atoms with Gasteiger partial charge in [-0.25, -0.2) is 4.39 Å². The van der Waals surface area contributed by atoms with E-state index in [9.17, 15) is 4.39 Å². The molecule has 0 heterocycles. The van der Waals surface area contributed by atoms with Crippen molar-refractivity contribution in [1.82, 2.24) is 0 Å². The van der Waals surface area contributed by atoms with E-state index in [0.29, 0.717) is 22.5 Å². The molecule has 0 amide bonds. The fourth-order valence-corrected chi connectivity index (χ4v) is 2.02. The number of halogens is 3. The van der Waals surface area contributed by atoms with Crippen molar-refractivity contribution in [2.24, 2.45) is 0 Å². The minimum absolute atomic E-state index is 0.310. The average molecular weight is 375 g/mol. The molecule has 0 bridgehead atoms. The summed E-state index contributed by atoms with van der Waals surface area (Å²) in [6.07, 6.45) is 0. The molecule has 0 aliphatic heterocycles. The summed E-state index contributed by atoms with van der Waals surface area (Å²) in [6.45, 7) is 0.384. The number of benzene rings is 2. The molecular weight excluding hydrogens is 365 g/mol. The third-order valence-corrected chi connectivity index (χ3v) is 3.69. The highest BCUT2D eigenvalue weighted by Gasteiger charge is 2.03. The Morgan fingerprint density at radius 1 is 1.06 bits per heavy atom. The van der Waals surface area contributed by atoms with E-state index in [2.05, 4.69) is 31.9 Å². The standard InChI is InChI=1S/C13H10Br2FNO/c14-10-3-1-8(5-13(10)17)7-18-9-2-4-12(16)11(15)6-9/h1-6H,7,17H2. The molecule has 0 unspecified atom stereocenters. The second-order valence-corrected chi connectivity index (χ2v) is 5.43. The van der Waals surface area contributed by atoms with Gasteiger partial charge in [0, 0.05) is 10.2 Å². The van der Waals surface area contributed by atoms with Gasteiger partial charge in [0.15, 0.2) is 0 Å². The van der Waals surface area contributed by atoms with Crippen LogP contribution in [0.5, 0.6) is 5.75 Å². The Labute approximate surface area is 121 Å². The molecule has 18 heavy (non-hydrogen) atoms. The van der Waals surface area contributed by atoms with E-state index in [4.69, 9.17) is 10.5 Å². The Kier molecular flexibility index (Phi) is 4.24. The first-order valence-electron chi connectivity index (χ1n) is 5.18. The largest absolute Gasteiger partial charge is 0.489 e. The van der Waals surface area contributed by atoms with Crippen LogP contribution in [0, 0.1) is 5.82 Å². The van der Waals surface area contributed by atoms with Crippen LogP contribution in [0.4, 0.5) is 10.1 Å². The Balaban J connectivity index is 2.06. The Bertz CT molecular complexity index is 523. The SMILES string of the molecule is Nc1cc(COc2ccc(F)c(Br)c2)ccc1Br. The van der Waals surface area contributed by atoms with Crippen molar-refractivity contribution in [3.05, 3.63) is 56.7 Å². The van der Waals surface area contributed by atoms with E-state index in [1.54, 1.807) is 12.1 Å². The number of nitrogens with two attached hydrogens (primary N) is 1. The number of anilines is 1. The summed E-state index contributed by atoms with van der Waals surface area (Å²) in [6, 6.07) is 10.2. The van der Waals surface area contributed by atoms with E-state index < -0.39 is 0 Å². The monoisotopic (exact) mass is 373 g/mol. The summed E-state index contributed by atoms with van der Waals surface area (Å²) >= 11 is 6.44. The van der Waals surface area contributed by atoms with Gasteiger partial charge in [0.1, 0.15) is 18.2 Å². The topological polar surface area (TPSA) is 35.2 Å². The van der Waals surface area contributed by atoms with Gasteiger partial charge in [0.05, 0.1) is 4.47 Å². The number of hydrogen-bond acceptors (Lipinski definition) is 2. The van der Waals surface area contributed by atoms with Gasteiger partial charge in [0.2, 0.25) is 0 Å². The van der Waals surface area contributed by atoms with Crippen molar-refractivity contribution in [2.45, 2.75) is 6.61 Å². The third-order valence-electron chi connectivity index (χ3n) is 2.36. The summed E-state index contributed by atoms with van der Waals surface area (Å²) in [5.41, 5.74) is 7.39. The zero-order valence-corrected chi connectivity index (χ0v) is 12.5. The highest BCUT2D eigenvalue weighted by molar-refractivity contribution is 9.10. The summed E-state index contributed by atoms with van der Waals surface area (Å²) in [4.78, 5) is 0. The number of rotatable bonds is 3. The van der Waals surface area contributed by atoms with Crippen LogP contribution in [0.3, 0.4) is 0 Å². The van der Waals surface area contributed by atoms with E-state index >= 15 is 0 Å². The van der Waals surface area contributed by atoms with Crippen LogP contribution in [0.1, 0.15) is 5.56 Å². The van der Waals surface area contributed by atoms with Crippen LogP contribution in [0.15, 0.2) is 45.3 Å². The summed E-state index contributed by atoms with van der Waals surface area (Å²) < 4.78 is 19.8. The summed E-state index contributed by atoms with van der Waals surface area (Å²) in [5.74, 6) is 0.292. The van der Waals surface area contributed by atoms with Crippen molar-refractivity contribution in [2.75, 3.05) is 5.73 Å². The lowest BCUT2D eigenvalue weighted by Crippen LogP contribution is -1.97. The second-order valence-electron chi connectivity index (χ2n) is 3.72. The lowest BCUT2D eigenvalue weighted by atomic mass is 10.2. The smallest absolute Gasteiger partial charge is 0.137 e. The fourth-order valence-electron chi connectivity index (χ4n) is 1.42. The summed E-state index contributed by atoms with van der Waals surface area (Å²) in [5, 5.41) is 0. The minimum atomic E-state index is -0.310. The number of hydrogen-bond donors (Lipinski definition) is 1. The fraction of sp³-hybridized carbons (Fsp3) is 0.0769. The van der Waals surface area contributed by atoms with Crippen molar-refractivity contribution >= 4 is 37.5 Å². The van der Waals surface area contributed by atoms with E-state index in [1.807, 2.05) is 18.2 Å². The van der Waals surface area contributed by atoms with E-state index in [-0.39, 0.29) is 5.82 Å². The van der Waals surface area contributed by atoms with Crippen molar-refractivity contribution in [3.63, 3.8) is 0 Å². The molecule has 0 saturated carbocycles. The molecule has 2 N–H and O–H groups in total. The molecule has 2 aromatic rings. The van der Waals surface area contributed by atoms with Crippen LogP contribution < -0.4 is 10.5 Å². The zero-order valence-electron chi connectivity index (χ0n) is 9.29. The van der Waals surface area contributed by atoms with Gasteiger partial charge in [0.25, 0.3) is 0 Å². The number of nitrogen functional groups attached to an aromatic ring is 1. The molecule has 0 atom stereocenters. The second kappa shape index (κ2) is 5.71. The van der Waals surface area contributed by atoms with Gasteiger partial charge in [-0.15, -0.1) is 0 Å². The van der Waals surface area contributed by atoms with Gasteiger partial charge in [-0.2, -0.15) is 0 Å². The van der Waals surface area contributed by atoms with Crippen LogP contribution in [0.2, 0.25) is 0 Å². The molecular formula is C13H10Br2FNO. The van der Waals surface area contributed by atoms with E-state index in [1.165, 1.54) is 6.07 Å². The van der Waals surface area contributed by atoms with Crippen molar-refractivity contribution < 1.29 is 9.13 Å². The van der Waals surface area contributed by atoms with Crippen molar-refractivity contribution in [3.8, 4) is 5.75 Å². The first-order chi connectivity index (χ1) is 8.56. The zero-order chi connectivity index (χ0) is 13.1. The average Bonchev–Trinajstić information content (AvgIpc) is 2.35. The molecule has 5 heteroatoms. The third kappa shape index (κ3) is 3.23. The molecule has 0 fully saturated rings. The van der Waals surface area contributed by atoms with Crippen LogP contribution in [-0.2, 0) is 6.61 Å². The van der Waals surface area contributed by atoms with Gasteiger partial charge >= 0.3 is 0 Å². The Morgan fingerprint density at radius 3 is 2.50 bits per heavy atom. The van der Waals surface area contributed by atoms with Crippen LogP contribution in [0.25, 0.3) is 0 Å². The molecule has 0 aliphatic rings. The van der Waals surface area contributed by atoms with Gasteiger partial charge < -0.3 is 10.5 Å². The minimum Gasteiger partial charge on any atom is -0.489 e. The molecule has 94 valence electrons. The maximum atomic E-state index is 13.0.